The summed E-state index contributed by atoms with van der Waals surface area (Å²) in [6.07, 6.45) is 0.600. The lowest BCUT2D eigenvalue weighted by atomic mass is 10.0. The molecule has 24 heavy (non-hydrogen) atoms. The van der Waals surface area contributed by atoms with Crippen LogP contribution in [0.2, 0.25) is 0 Å². The maximum absolute atomic E-state index is 12.6. The predicted octanol–water partition coefficient (Wildman–Crippen LogP) is 4.63. The molecule has 0 aliphatic rings. The minimum Gasteiger partial charge on any atom is -0.493 e. The molecule has 0 fully saturated rings. The molecule has 4 heteroatoms. The number of hydrogen-bond donors (Lipinski definition) is 1. The van der Waals surface area contributed by atoms with Gasteiger partial charge in [0, 0.05) is 23.6 Å². The lowest BCUT2D eigenvalue weighted by molar-refractivity contribution is -0.136. The Kier molecular flexibility index (Phi) is 5.84. The van der Waals surface area contributed by atoms with Crippen LogP contribution in [0.4, 0.5) is 5.69 Å². The van der Waals surface area contributed by atoms with Crippen molar-refractivity contribution in [2.75, 3.05) is 19.0 Å². The van der Waals surface area contributed by atoms with E-state index in [1.165, 1.54) is 0 Å². The average Bonchev–Trinajstić information content (AvgIpc) is 2.60. The second-order valence-electron chi connectivity index (χ2n) is 6.60. The van der Waals surface area contributed by atoms with Crippen molar-refractivity contribution in [2.45, 2.75) is 39.7 Å². The molecule has 2 aromatic carbocycles. The standard InChI is InChI=1S/C20H27NO3/c1-6-20(4,23-5)19(22)21-17-11-12-18(24-13-14(2)3)16-10-8-7-9-15(16)17/h7-12,14H,6,13H2,1-5H3,(H,21,22)/t20-/m0/s1. The first-order chi connectivity index (χ1) is 11.4. The van der Waals surface area contributed by atoms with Gasteiger partial charge in [0.25, 0.3) is 5.91 Å². The number of carbonyl (C=O) groups is 1. The van der Waals surface area contributed by atoms with Crippen molar-refractivity contribution in [1.82, 2.24) is 0 Å². The Labute approximate surface area is 144 Å². The zero-order chi connectivity index (χ0) is 17.7. The van der Waals surface area contributed by atoms with Gasteiger partial charge in [-0.05, 0) is 31.4 Å². The van der Waals surface area contributed by atoms with Gasteiger partial charge in [0.1, 0.15) is 11.4 Å². The van der Waals surface area contributed by atoms with E-state index in [1.54, 1.807) is 14.0 Å². The van der Waals surface area contributed by atoms with E-state index in [9.17, 15) is 4.79 Å². The normalized spacial score (nSPS) is 13.8. The zero-order valence-corrected chi connectivity index (χ0v) is 15.2. The number of carbonyl (C=O) groups excluding carboxylic acids is 1. The van der Waals surface area contributed by atoms with Gasteiger partial charge in [-0.1, -0.05) is 45.0 Å². The Morgan fingerprint density at radius 1 is 1.17 bits per heavy atom. The van der Waals surface area contributed by atoms with E-state index < -0.39 is 5.60 Å². The van der Waals surface area contributed by atoms with Crippen LogP contribution in [-0.4, -0.2) is 25.2 Å². The molecular formula is C20H27NO3. The van der Waals surface area contributed by atoms with Crippen LogP contribution >= 0.6 is 0 Å². The number of fused-ring (bicyclic) bond motifs is 1. The molecular weight excluding hydrogens is 302 g/mol. The van der Waals surface area contributed by atoms with Crippen LogP contribution in [0.15, 0.2) is 36.4 Å². The summed E-state index contributed by atoms with van der Waals surface area (Å²) < 4.78 is 11.3. The molecule has 2 rings (SSSR count). The van der Waals surface area contributed by atoms with Crippen LogP contribution in [0.1, 0.15) is 34.1 Å². The number of amides is 1. The summed E-state index contributed by atoms with van der Waals surface area (Å²) in [5.74, 6) is 1.14. The lowest BCUT2D eigenvalue weighted by Gasteiger charge is -2.25. The van der Waals surface area contributed by atoms with Crippen molar-refractivity contribution in [3.8, 4) is 5.75 Å². The lowest BCUT2D eigenvalue weighted by Crippen LogP contribution is -2.41. The molecule has 0 unspecified atom stereocenters. The van der Waals surface area contributed by atoms with E-state index in [2.05, 4.69) is 19.2 Å². The third kappa shape index (κ3) is 3.88. The summed E-state index contributed by atoms with van der Waals surface area (Å²) in [7, 11) is 1.56. The predicted molar refractivity (Wildman–Crippen MR) is 98.6 cm³/mol. The van der Waals surface area contributed by atoms with Crippen LogP contribution < -0.4 is 10.1 Å². The molecule has 0 aliphatic carbocycles. The molecule has 1 N–H and O–H groups in total. The molecule has 2 aromatic rings. The van der Waals surface area contributed by atoms with E-state index in [-0.39, 0.29) is 5.91 Å². The number of methoxy groups -OCH3 is 1. The second kappa shape index (κ2) is 7.67. The molecule has 0 aliphatic heterocycles. The Bertz CT molecular complexity index is 705. The van der Waals surface area contributed by atoms with Crippen LogP contribution in [0.25, 0.3) is 10.8 Å². The highest BCUT2D eigenvalue weighted by Crippen LogP contribution is 2.32. The van der Waals surface area contributed by atoms with E-state index in [1.807, 2.05) is 43.3 Å². The van der Waals surface area contributed by atoms with Crippen molar-refractivity contribution < 1.29 is 14.3 Å². The Morgan fingerprint density at radius 2 is 1.83 bits per heavy atom. The molecule has 1 amide bonds. The van der Waals surface area contributed by atoms with E-state index in [4.69, 9.17) is 9.47 Å². The van der Waals surface area contributed by atoms with Crippen LogP contribution in [-0.2, 0) is 9.53 Å². The highest BCUT2D eigenvalue weighted by atomic mass is 16.5. The summed E-state index contributed by atoms with van der Waals surface area (Å²) >= 11 is 0. The van der Waals surface area contributed by atoms with Gasteiger partial charge in [-0.2, -0.15) is 0 Å². The Morgan fingerprint density at radius 3 is 2.42 bits per heavy atom. The van der Waals surface area contributed by atoms with Crippen molar-refractivity contribution >= 4 is 22.4 Å². The van der Waals surface area contributed by atoms with Crippen LogP contribution in [0, 0.1) is 5.92 Å². The van der Waals surface area contributed by atoms with Gasteiger partial charge in [-0.3, -0.25) is 4.79 Å². The van der Waals surface area contributed by atoms with Gasteiger partial charge < -0.3 is 14.8 Å². The van der Waals surface area contributed by atoms with Gasteiger partial charge in [-0.25, -0.2) is 0 Å². The summed E-state index contributed by atoms with van der Waals surface area (Å²) in [6.45, 7) is 8.63. The molecule has 0 saturated heterocycles. The third-order valence-corrected chi connectivity index (χ3v) is 4.31. The van der Waals surface area contributed by atoms with Crippen molar-refractivity contribution in [2.24, 2.45) is 5.92 Å². The number of ether oxygens (including phenoxy) is 2. The zero-order valence-electron chi connectivity index (χ0n) is 15.2. The number of anilines is 1. The second-order valence-corrected chi connectivity index (χ2v) is 6.60. The Hall–Kier alpha value is -2.07. The molecule has 0 saturated carbocycles. The SMILES string of the molecule is CC[C@](C)(OC)C(=O)Nc1ccc(OCC(C)C)c2ccccc12. The Balaban J connectivity index is 2.36. The maximum atomic E-state index is 12.6. The first kappa shape index (κ1) is 18.3. The number of nitrogens with one attached hydrogen (secondary N) is 1. The van der Waals surface area contributed by atoms with Gasteiger partial charge in [0.15, 0.2) is 0 Å². The van der Waals surface area contributed by atoms with Gasteiger partial charge in [0.2, 0.25) is 0 Å². The monoisotopic (exact) mass is 329 g/mol. The molecule has 1 atom stereocenters. The number of benzene rings is 2. The third-order valence-electron chi connectivity index (χ3n) is 4.31. The van der Waals surface area contributed by atoms with Crippen LogP contribution in [0.3, 0.4) is 0 Å². The highest BCUT2D eigenvalue weighted by Gasteiger charge is 2.31. The maximum Gasteiger partial charge on any atom is 0.256 e. The van der Waals surface area contributed by atoms with Gasteiger partial charge >= 0.3 is 0 Å². The van der Waals surface area contributed by atoms with Crippen LogP contribution in [0.5, 0.6) is 5.75 Å². The molecule has 0 spiro atoms. The van der Waals surface area contributed by atoms with E-state index >= 15 is 0 Å². The molecule has 0 radical (unpaired) electrons. The molecule has 0 aromatic heterocycles. The van der Waals surface area contributed by atoms with Gasteiger partial charge in [0.05, 0.1) is 6.61 Å². The van der Waals surface area contributed by atoms with Crippen molar-refractivity contribution in [3.63, 3.8) is 0 Å². The quantitative estimate of drug-likeness (QED) is 0.806. The topological polar surface area (TPSA) is 47.6 Å². The largest absolute Gasteiger partial charge is 0.493 e. The van der Waals surface area contributed by atoms with E-state index in [0.29, 0.717) is 18.9 Å². The smallest absolute Gasteiger partial charge is 0.256 e. The summed E-state index contributed by atoms with van der Waals surface area (Å²) in [5.41, 5.74) is -0.0716. The molecule has 4 nitrogen and oxygen atoms in total. The first-order valence-electron chi connectivity index (χ1n) is 8.42. The number of rotatable bonds is 7. The summed E-state index contributed by atoms with van der Waals surface area (Å²) in [4.78, 5) is 12.6. The fourth-order valence-corrected chi connectivity index (χ4v) is 2.41. The van der Waals surface area contributed by atoms with Crippen molar-refractivity contribution in [3.05, 3.63) is 36.4 Å². The fourth-order valence-electron chi connectivity index (χ4n) is 2.41. The fraction of sp³-hybridized carbons (Fsp3) is 0.450. The van der Waals surface area contributed by atoms with Gasteiger partial charge in [-0.15, -0.1) is 0 Å². The number of hydrogen-bond acceptors (Lipinski definition) is 3. The average molecular weight is 329 g/mol. The first-order valence-corrected chi connectivity index (χ1v) is 8.42. The highest BCUT2D eigenvalue weighted by molar-refractivity contribution is 6.06. The minimum absolute atomic E-state index is 0.145. The summed E-state index contributed by atoms with van der Waals surface area (Å²) in [6, 6.07) is 11.7. The summed E-state index contributed by atoms with van der Waals surface area (Å²) in [5, 5.41) is 4.95. The molecule has 0 bridgehead atoms. The minimum atomic E-state index is -0.839. The molecule has 130 valence electrons. The van der Waals surface area contributed by atoms with E-state index in [0.717, 1.165) is 22.2 Å². The molecule has 0 heterocycles. The van der Waals surface area contributed by atoms with Crippen molar-refractivity contribution in [1.29, 1.82) is 0 Å².